The van der Waals surface area contributed by atoms with Gasteiger partial charge in [0.15, 0.2) is 0 Å². The summed E-state index contributed by atoms with van der Waals surface area (Å²) in [7, 11) is 0. The number of hydrogen-bond donors (Lipinski definition) is 1. The van der Waals surface area contributed by atoms with Gasteiger partial charge >= 0.3 is 0 Å². The fourth-order valence-corrected chi connectivity index (χ4v) is 2.03. The lowest BCUT2D eigenvalue weighted by Crippen LogP contribution is -2.08. The number of benzene rings is 2. The molecule has 0 spiro atoms. The molecular weight excluding hydrogens is 234 g/mol. The molecule has 2 N–H and O–H groups in total. The molecule has 0 fully saturated rings. The molecule has 0 aliphatic rings. The molecule has 92 valence electrons. The van der Waals surface area contributed by atoms with Crippen molar-refractivity contribution in [1.29, 1.82) is 0 Å². The van der Waals surface area contributed by atoms with Gasteiger partial charge in [0.2, 0.25) is 0 Å². The molecular formula is C14H18ClNO. The zero-order valence-corrected chi connectivity index (χ0v) is 11.0. The zero-order chi connectivity index (χ0) is 11.5. The van der Waals surface area contributed by atoms with Crippen molar-refractivity contribution < 1.29 is 4.74 Å². The maximum absolute atomic E-state index is 6.03. The van der Waals surface area contributed by atoms with Crippen LogP contribution in [-0.2, 0) is 0 Å². The summed E-state index contributed by atoms with van der Waals surface area (Å²) in [6, 6.07) is 12.3. The molecule has 0 saturated carbocycles. The van der Waals surface area contributed by atoms with Crippen molar-refractivity contribution in [2.75, 3.05) is 6.61 Å². The number of hydrogen-bond acceptors (Lipinski definition) is 2. The Morgan fingerprint density at radius 2 is 1.88 bits per heavy atom. The van der Waals surface area contributed by atoms with Gasteiger partial charge in [0, 0.05) is 11.6 Å². The summed E-state index contributed by atoms with van der Waals surface area (Å²) < 4.78 is 5.63. The predicted molar refractivity (Wildman–Crippen MR) is 75.0 cm³/mol. The lowest BCUT2D eigenvalue weighted by molar-refractivity contribution is 0.335. The minimum atomic E-state index is -0.0207. The second kappa shape index (κ2) is 5.89. The fraction of sp³-hybridized carbons (Fsp3) is 0.286. The summed E-state index contributed by atoms with van der Waals surface area (Å²) >= 11 is 0. The molecule has 0 unspecified atom stereocenters. The Labute approximate surface area is 108 Å². The van der Waals surface area contributed by atoms with Crippen LogP contribution in [0.5, 0.6) is 5.75 Å². The van der Waals surface area contributed by atoms with Crippen molar-refractivity contribution in [3.63, 3.8) is 0 Å². The third-order valence-corrected chi connectivity index (χ3v) is 2.69. The summed E-state index contributed by atoms with van der Waals surface area (Å²) in [6.07, 6.45) is 0. The molecule has 0 bridgehead atoms. The highest BCUT2D eigenvalue weighted by molar-refractivity contribution is 5.88. The van der Waals surface area contributed by atoms with Gasteiger partial charge in [0.25, 0.3) is 0 Å². The van der Waals surface area contributed by atoms with Crippen LogP contribution >= 0.6 is 12.4 Å². The summed E-state index contributed by atoms with van der Waals surface area (Å²) in [4.78, 5) is 0. The first-order chi connectivity index (χ1) is 7.74. The molecule has 1 atom stereocenters. The minimum absolute atomic E-state index is 0. The van der Waals surface area contributed by atoms with E-state index in [-0.39, 0.29) is 18.4 Å². The molecule has 3 heteroatoms. The molecule has 0 aliphatic carbocycles. The first-order valence-electron chi connectivity index (χ1n) is 5.64. The van der Waals surface area contributed by atoms with Gasteiger partial charge in [-0.2, -0.15) is 0 Å². The molecule has 17 heavy (non-hydrogen) atoms. The SMILES string of the molecule is CCOc1ccc2ccccc2c1[C@@H](C)N.Cl. The number of halogens is 1. The van der Waals surface area contributed by atoms with Crippen LogP contribution in [0, 0.1) is 0 Å². The van der Waals surface area contributed by atoms with E-state index in [1.807, 2.05) is 32.0 Å². The Bertz CT molecular complexity index is 497. The maximum atomic E-state index is 6.03. The average Bonchev–Trinajstić information content (AvgIpc) is 2.28. The normalized spacial score (nSPS) is 11.9. The van der Waals surface area contributed by atoms with E-state index in [0.717, 1.165) is 11.3 Å². The molecule has 0 saturated heterocycles. The summed E-state index contributed by atoms with van der Waals surface area (Å²) in [5.41, 5.74) is 7.13. The van der Waals surface area contributed by atoms with Crippen LogP contribution in [-0.4, -0.2) is 6.61 Å². The van der Waals surface area contributed by atoms with E-state index < -0.39 is 0 Å². The number of ether oxygens (including phenoxy) is 1. The van der Waals surface area contributed by atoms with Crippen molar-refractivity contribution in [3.05, 3.63) is 42.0 Å². The Kier molecular flexibility index (Phi) is 4.79. The van der Waals surface area contributed by atoms with Crippen molar-refractivity contribution in [2.24, 2.45) is 5.73 Å². The van der Waals surface area contributed by atoms with E-state index in [1.165, 1.54) is 10.8 Å². The summed E-state index contributed by atoms with van der Waals surface area (Å²) in [5.74, 6) is 0.899. The number of rotatable bonds is 3. The average molecular weight is 252 g/mol. The van der Waals surface area contributed by atoms with Crippen molar-refractivity contribution in [1.82, 2.24) is 0 Å². The molecule has 0 amide bonds. The third-order valence-electron chi connectivity index (χ3n) is 2.69. The van der Waals surface area contributed by atoms with E-state index >= 15 is 0 Å². The molecule has 2 aromatic rings. The first-order valence-corrected chi connectivity index (χ1v) is 5.64. The molecule has 2 nitrogen and oxygen atoms in total. The van der Waals surface area contributed by atoms with Crippen LogP contribution in [0.2, 0.25) is 0 Å². The third kappa shape index (κ3) is 2.71. The van der Waals surface area contributed by atoms with Crippen molar-refractivity contribution >= 4 is 23.2 Å². The highest BCUT2D eigenvalue weighted by Gasteiger charge is 2.11. The van der Waals surface area contributed by atoms with Crippen molar-refractivity contribution in [3.8, 4) is 5.75 Å². The van der Waals surface area contributed by atoms with Crippen LogP contribution in [0.1, 0.15) is 25.5 Å². The van der Waals surface area contributed by atoms with Gasteiger partial charge in [-0.1, -0.05) is 30.3 Å². The first kappa shape index (κ1) is 13.8. The molecule has 0 aliphatic heterocycles. The molecule has 2 rings (SSSR count). The van der Waals surface area contributed by atoms with Gasteiger partial charge in [-0.3, -0.25) is 0 Å². The van der Waals surface area contributed by atoms with Crippen LogP contribution in [0.3, 0.4) is 0 Å². The second-order valence-corrected chi connectivity index (χ2v) is 3.92. The highest BCUT2D eigenvalue weighted by atomic mass is 35.5. The van der Waals surface area contributed by atoms with Gasteiger partial charge in [-0.15, -0.1) is 12.4 Å². The largest absolute Gasteiger partial charge is 0.494 e. The predicted octanol–water partition coefficient (Wildman–Crippen LogP) is 3.68. The lowest BCUT2D eigenvalue weighted by atomic mass is 9.99. The topological polar surface area (TPSA) is 35.2 Å². The Balaban J connectivity index is 0.00000144. The highest BCUT2D eigenvalue weighted by Crippen LogP contribution is 2.31. The Morgan fingerprint density at radius 3 is 2.53 bits per heavy atom. The van der Waals surface area contributed by atoms with Gasteiger partial charge in [0.1, 0.15) is 5.75 Å². The van der Waals surface area contributed by atoms with E-state index in [1.54, 1.807) is 0 Å². The van der Waals surface area contributed by atoms with Crippen LogP contribution in [0.4, 0.5) is 0 Å². The molecule has 2 aromatic carbocycles. The summed E-state index contributed by atoms with van der Waals surface area (Å²) in [6.45, 7) is 4.64. The Hall–Kier alpha value is -1.25. The zero-order valence-electron chi connectivity index (χ0n) is 10.1. The van der Waals surface area contributed by atoms with E-state index in [2.05, 4.69) is 18.2 Å². The van der Waals surface area contributed by atoms with E-state index in [4.69, 9.17) is 10.5 Å². The van der Waals surface area contributed by atoms with Gasteiger partial charge in [0.05, 0.1) is 6.61 Å². The van der Waals surface area contributed by atoms with Gasteiger partial charge in [-0.05, 0) is 30.7 Å². The Morgan fingerprint density at radius 1 is 1.18 bits per heavy atom. The smallest absolute Gasteiger partial charge is 0.124 e. The van der Waals surface area contributed by atoms with E-state index in [9.17, 15) is 0 Å². The van der Waals surface area contributed by atoms with Crippen LogP contribution in [0.15, 0.2) is 36.4 Å². The fourth-order valence-electron chi connectivity index (χ4n) is 2.03. The molecule has 0 heterocycles. The minimum Gasteiger partial charge on any atom is -0.494 e. The van der Waals surface area contributed by atoms with Gasteiger partial charge < -0.3 is 10.5 Å². The second-order valence-electron chi connectivity index (χ2n) is 3.92. The quantitative estimate of drug-likeness (QED) is 0.903. The van der Waals surface area contributed by atoms with Crippen molar-refractivity contribution in [2.45, 2.75) is 19.9 Å². The lowest BCUT2D eigenvalue weighted by Gasteiger charge is -2.15. The molecule has 0 radical (unpaired) electrons. The monoisotopic (exact) mass is 251 g/mol. The van der Waals surface area contributed by atoms with E-state index in [0.29, 0.717) is 6.61 Å². The number of fused-ring (bicyclic) bond motifs is 1. The van der Waals surface area contributed by atoms with Crippen LogP contribution < -0.4 is 10.5 Å². The molecule has 0 aromatic heterocycles. The summed E-state index contributed by atoms with van der Waals surface area (Å²) in [5, 5.41) is 2.39. The van der Waals surface area contributed by atoms with Gasteiger partial charge in [-0.25, -0.2) is 0 Å². The standard InChI is InChI=1S/C14H17NO.ClH/c1-3-16-13-9-8-11-6-4-5-7-12(11)14(13)10(2)15;/h4-10H,3,15H2,1-2H3;1H/t10-;/m1./s1. The maximum Gasteiger partial charge on any atom is 0.124 e. The van der Waals surface area contributed by atoms with Crippen LogP contribution in [0.25, 0.3) is 10.8 Å². The number of nitrogens with two attached hydrogens (primary N) is 1.